The van der Waals surface area contributed by atoms with Gasteiger partial charge in [0, 0.05) is 15.4 Å². The van der Waals surface area contributed by atoms with Crippen molar-refractivity contribution in [2.45, 2.75) is 17.9 Å². The Balaban J connectivity index is 1.92. The highest BCUT2D eigenvalue weighted by molar-refractivity contribution is 9.10. The van der Waals surface area contributed by atoms with Crippen LogP contribution in [0.5, 0.6) is 0 Å². The lowest BCUT2D eigenvalue weighted by Crippen LogP contribution is -2.14. The molecule has 5 heteroatoms. The topological polar surface area (TPSA) is 55.1 Å². The van der Waals surface area contributed by atoms with Crippen LogP contribution in [-0.4, -0.2) is 11.7 Å². The molecule has 1 unspecified atom stereocenters. The molecule has 0 saturated heterocycles. The van der Waals surface area contributed by atoms with E-state index in [1.165, 1.54) is 11.8 Å². The summed E-state index contributed by atoms with van der Waals surface area (Å²) in [6.07, 6.45) is 0. The highest BCUT2D eigenvalue weighted by Crippen LogP contribution is 2.24. The summed E-state index contributed by atoms with van der Waals surface area (Å²) < 4.78 is 0.877. The van der Waals surface area contributed by atoms with Crippen molar-refractivity contribution in [3.05, 3.63) is 58.6 Å². The zero-order valence-electron chi connectivity index (χ0n) is 11.7. The second-order valence-corrected chi connectivity index (χ2v) is 6.58. The number of rotatable bonds is 5. The minimum atomic E-state index is -0.0295. The SMILES string of the molecule is CC(N)c1cccc(SCC(=O)Nc2ccccc2Br)c1. The van der Waals surface area contributed by atoms with Crippen LogP contribution in [0.3, 0.4) is 0 Å². The lowest BCUT2D eigenvalue weighted by Gasteiger charge is -2.09. The van der Waals surface area contributed by atoms with E-state index in [4.69, 9.17) is 5.73 Å². The molecule has 0 aromatic heterocycles. The molecule has 0 spiro atoms. The summed E-state index contributed by atoms with van der Waals surface area (Å²) in [5, 5.41) is 2.89. The number of benzene rings is 2. The third kappa shape index (κ3) is 4.88. The molecule has 1 atom stereocenters. The van der Waals surface area contributed by atoms with E-state index in [9.17, 15) is 4.79 Å². The van der Waals surface area contributed by atoms with Gasteiger partial charge < -0.3 is 11.1 Å². The Bertz CT molecular complexity index is 631. The highest BCUT2D eigenvalue weighted by atomic mass is 79.9. The largest absolute Gasteiger partial charge is 0.324 e. The summed E-state index contributed by atoms with van der Waals surface area (Å²) in [6.45, 7) is 1.95. The Morgan fingerprint density at radius 2 is 2.05 bits per heavy atom. The van der Waals surface area contributed by atoms with Gasteiger partial charge in [0.25, 0.3) is 0 Å². The van der Waals surface area contributed by atoms with Crippen molar-refractivity contribution in [2.75, 3.05) is 11.1 Å². The average molecular weight is 365 g/mol. The van der Waals surface area contributed by atoms with Crippen molar-refractivity contribution in [2.24, 2.45) is 5.73 Å². The molecular weight excluding hydrogens is 348 g/mol. The molecule has 0 bridgehead atoms. The smallest absolute Gasteiger partial charge is 0.234 e. The Kier molecular flexibility index (Phi) is 5.85. The van der Waals surface area contributed by atoms with E-state index < -0.39 is 0 Å². The zero-order chi connectivity index (χ0) is 15.2. The number of anilines is 1. The first kappa shape index (κ1) is 16.1. The van der Waals surface area contributed by atoms with Gasteiger partial charge >= 0.3 is 0 Å². The van der Waals surface area contributed by atoms with Crippen LogP contribution >= 0.6 is 27.7 Å². The van der Waals surface area contributed by atoms with Gasteiger partial charge in [0.1, 0.15) is 0 Å². The Labute approximate surface area is 137 Å². The highest BCUT2D eigenvalue weighted by Gasteiger charge is 2.07. The van der Waals surface area contributed by atoms with Crippen molar-refractivity contribution >= 4 is 39.3 Å². The van der Waals surface area contributed by atoms with Crippen LogP contribution in [0.4, 0.5) is 5.69 Å². The number of carbonyl (C=O) groups is 1. The molecule has 0 aliphatic heterocycles. The van der Waals surface area contributed by atoms with Gasteiger partial charge in [0.05, 0.1) is 11.4 Å². The molecule has 1 amide bonds. The summed E-state index contributed by atoms with van der Waals surface area (Å²) in [5.41, 5.74) is 7.72. The maximum Gasteiger partial charge on any atom is 0.234 e. The second kappa shape index (κ2) is 7.64. The molecular formula is C16H17BrN2OS. The number of hydrogen-bond donors (Lipinski definition) is 2. The summed E-state index contributed by atoms with van der Waals surface area (Å²) in [6, 6.07) is 15.5. The predicted octanol–water partition coefficient (Wildman–Crippen LogP) is 4.20. The van der Waals surface area contributed by atoms with Crippen LogP contribution in [-0.2, 0) is 4.79 Å². The van der Waals surface area contributed by atoms with Gasteiger partial charge in [-0.05, 0) is 52.7 Å². The van der Waals surface area contributed by atoms with Gasteiger partial charge in [-0.15, -0.1) is 11.8 Å². The lowest BCUT2D eigenvalue weighted by molar-refractivity contribution is -0.113. The first-order valence-electron chi connectivity index (χ1n) is 6.59. The summed E-state index contributed by atoms with van der Waals surface area (Å²) >= 11 is 4.91. The summed E-state index contributed by atoms with van der Waals surface area (Å²) in [7, 11) is 0. The number of amides is 1. The molecule has 2 aromatic carbocycles. The Hall–Kier alpha value is -1.30. The van der Waals surface area contributed by atoms with E-state index in [1.54, 1.807) is 0 Å². The average Bonchev–Trinajstić information content (AvgIpc) is 2.48. The molecule has 0 radical (unpaired) electrons. The van der Waals surface area contributed by atoms with E-state index in [0.717, 1.165) is 20.6 Å². The van der Waals surface area contributed by atoms with Gasteiger partial charge in [-0.25, -0.2) is 0 Å². The third-order valence-corrected chi connectivity index (χ3v) is 4.59. The van der Waals surface area contributed by atoms with Gasteiger partial charge in [-0.2, -0.15) is 0 Å². The molecule has 2 rings (SSSR count). The second-order valence-electron chi connectivity index (χ2n) is 4.68. The number of nitrogens with two attached hydrogens (primary N) is 1. The van der Waals surface area contributed by atoms with Crippen molar-refractivity contribution < 1.29 is 4.79 Å². The van der Waals surface area contributed by atoms with Crippen LogP contribution in [0.2, 0.25) is 0 Å². The van der Waals surface area contributed by atoms with Gasteiger partial charge in [0.15, 0.2) is 0 Å². The van der Waals surface area contributed by atoms with Gasteiger partial charge in [0.2, 0.25) is 5.91 Å². The quantitative estimate of drug-likeness (QED) is 0.781. The van der Waals surface area contributed by atoms with Gasteiger partial charge in [-0.1, -0.05) is 24.3 Å². The maximum absolute atomic E-state index is 12.0. The molecule has 2 aromatic rings. The van der Waals surface area contributed by atoms with Crippen LogP contribution < -0.4 is 11.1 Å². The fourth-order valence-electron chi connectivity index (χ4n) is 1.79. The standard InChI is InChI=1S/C16H17BrN2OS/c1-11(18)12-5-4-6-13(9-12)21-10-16(20)19-15-8-3-2-7-14(15)17/h2-9,11H,10,18H2,1H3,(H,19,20). The first-order chi connectivity index (χ1) is 10.1. The molecule has 0 aliphatic rings. The third-order valence-electron chi connectivity index (χ3n) is 2.90. The van der Waals surface area contributed by atoms with Gasteiger partial charge in [-0.3, -0.25) is 4.79 Å². The number of thioether (sulfide) groups is 1. The van der Waals surface area contributed by atoms with E-state index >= 15 is 0 Å². The molecule has 110 valence electrons. The van der Waals surface area contributed by atoms with E-state index in [-0.39, 0.29) is 11.9 Å². The number of para-hydroxylation sites is 1. The van der Waals surface area contributed by atoms with Crippen molar-refractivity contribution in [1.29, 1.82) is 0 Å². The van der Waals surface area contributed by atoms with Crippen molar-refractivity contribution in [3.63, 3.8) is 0 Å². The van der Waals surface area contributed by atoms with E-state index in [1.807, 2.05) is 55.5 Å². The minimum Gasteiger partial charge on any atom is -0.324 e. The molecule has 0 aliphatic carbocycles. The first-order valence-corrected chi connectivity index (χ1v) is 8.37. The monoisotopic (exact) mass is 364 g/mol. The minimum absolute atomic E-state index is 0.000323. The number of nitrogens with one attached hydrogen (secondary N) is 1. The van der Waals surface area contributed by atoms with Crippen LogP contribution in [0, 0.1) is 0 Å². The number of hydrogen-bond acceptors (Lipinski definition) is 3. The zero-order valence-corrected chi connectivity index (χ0v) is 14.1. The van der Waals surface area contributed by atoms with Crippen molar-refractivity contribution in [1.82, 2.24) is 0 Å². The van der Waals surface area contributed by atoms with Crippen LogP contribution in [0.25, 0.3) is 0 Å². The maximum atomic E-state index is 12.0. The lowest BCUT2D eigenvalue weighted by atomic mass is 10.1. The number of halogens is 1. The summed E-state index contributed by atoms with van der Waals surface area (Å²) in [4.78, 5) is 13.0. The van der Waals surface area contributed by atoms with Crippen LogP contribution in [0.1, 0.15) is 18.5 Å². The number of carbonyl (C=O) groups excluding carboxylic acids is 1. The van der Waals surface area contributed by atoms with Crippen LogP contribution in [0.15, 0.2) is 57.9 Å². The fourth-order valence-corrected chi connectivity index (χ4v) is 2.93. The summed E-state index contributed by atoms with van der Waals surface area (Å²) in [5.74, 6) is 0.335. The molecule has 3 nitrogen and oxygen atoms in total. The normalized spacial score (nSPS) is 12.0. The molecule has 21 heavy (non-hydrogen) atoms. The molecule has 0 saturated carbocycles. The Morgan fingerprint density at radius 1 is 1.29 bits per heavy atom. The van der Waals surface area contributed by atoms with E-state index in [0.29, 0.717) is 5.75 Å². The predicted molar refractivity (Wildman–Crippen MR) is 92.5 cm³/mol. The van der Waals surface area contributed by atoms with E-state index in [2.05, 4.69) is 21.2 Å². The molecule has 0 heterocycles. The Morgan fingerprint density at radius 3 is 2.76 bits per heavy atom. The molecule has 3 N–H and O–H groups in total. The molecule has 0 fully saturated rings. The van der Waals surface area contributed by atoms with Crippen molar-refractivity contribution in [3.8, 4) is 0 Å². The fraction of sp³-hybridized carbons (Fsp3) is 0.188.